The molecule has 1 aliphatic rings. The Kier molecular flexibility index (Phi) is 6.31. The minimum Gasteiger partial charge on any atom is -0.368 e. The van der Waals surface area contributed by atoms with Crippen molar-refractivity contribution < 1.29 is 4.52 Å². The molecule has 4 heterocycles. The molecule has 10 heteroatoms. The summed E-state index contributed by atoms with van der Waals surface area (Å²) in [6.07, 6.45) is 0.497. The third-order valence-electron chi connectivity index (χ3n) is 5.66. The predicted octanol–water partition coefficient (Wildman–Crippen LogP) is 3.15. The molecule has 10 nitrogen and oxygen atoms in total. The van der Waals surface area contributed by atoms with Crippen LogP contribution in [0.15, 0.2) is 16.7 Å². The molecule has 0 saturated carbocycles. The van der Waals surface area contributed by atoms with E-state index in [2.05, 4.69) is 75.5 Å². The van der Waals surface area contributed by atoms with E-state index in [0.717, 1.165) is 48.2 Å². The number of nitrogens with one attached hydrogen (secondary N) is 3. The predicted molar refractivity (Wildman–Crippen MR) is 125 cm³/mol. The second kappa shape index (κ2) is 9.15. The van der Waals surface area contributed by atoms with Crippen LogP contribution >= 0.6 is 0 Å². The molecule has 172 valence electrons. The van der Waals surface area contributed by atoms with Gasteiger partial charge in [-0.2, -0.15) is 15.1 Å². The van der Waals surface area contributed by atoms with Crippen LogP contribution < -0.4 is 21.3 Å². The maximum atomic E-state index is 6.15. The van der Waals surface area contributed by atoms with Crippen molar-refractivity contribution in [1.29, 1.82) is 0 Å². The highest BCUT2D eigenvalue weighted by atomic mass is 16.5. The summed E-state index contributed by atoms with van der Waals surface area (Å²) in [5.41, 5.74) is 9.03. The summed E-state index contributed by atoms with van der Waals surface area (Å²) in [6, 6.07) is 4.34. The van der Waals surface area contributed by atoms with E-state index < -0.39 is 0 Å². The number of H-pyrrole nitrogens is 1. The largest absolute Gasteiger partial charge is 0.368 e. The summed E-state index contributed by atoms with van der Waals surface area (Å²) in [5.74, 6) is 3.75. The Morgan fingerprint density at radius 3 is 2.69 bits per heavy atom. The second-order valence-electron chi connectivity index (χ2n) is 9.07. The van der Waals surface area contributed by atoms with Crippen LogP contribution in [-0.2, 0) is 6.42 Å². The van der Waals surface area contributed by atoms with Crippen LogP contribution in [0.3, 0.4) is 0 Å². The normalized spacial score (nSPS) is 16.8. The smallest absolute Gasteiger partial charge is 0.223 e. The number of piperazine rings is 1. The number of hydrogen-bond donors (Lipinski definition) is 4. The van der Waals surface area contributed by atoms with E-state index in [1.165, 1.54) is 0 Å². The average Bonchev–Trinajstić information content (AvgIpc) is 3.39. The van der Waals surface area contributed by atoms with E-state index in [0.29, 0.717) is 35.9 Å². The first-order chi connectivity index (χ1) is 15.3. The topological polar surface area (TPSA) is 134 Å². The van der Waals surface area contributed by atoms with E-state index in [4.69, 9.17) is 10.3 Å². The van der Waals surface area contributed by atoms with Gasteiger partial charge in [0, 0.05) is 55.5 Å². The molecule has 1 atom stereocenters. The number of anilines is 4. The third-order valence-corrected chi connectivity index (χ3v) is 5.66. The van der Waals surface area contributed by atoms with Gasteiger partial charge in [-0.05, 0) is 18.8 Å². The molecule has 4 rings (SSSR count). The van der Waals surface area contributed by atoms with Crippen molar-refractivity contribution in [3.63, 3.8) is 0 Å². The molecule has 0 unspecified atom stereocenters. The SMILES string of the molecule is CC(C)c1cc(Cc2c(Nc3cc(C(C)C)[nH]n3)nc(N)nc2N2CCN[C@@H](C)C2)on1. The van der Waals surface area contributed by atoms with E-state index in [1.54, 1.807) is 0 Å². The molecule has 3 aromatic heterocycles. The van der Waals surface area contributed by atoms with Crippen LogP contribution in [0.4, 0.5) is 23.4 Å². The zero-order valence-electron chi connectivity index (χ0n) is 19.4. The van der Waals surface area contributed by atoms with Crippen LogP contribution in [0.25, 0.3) is 0 Å². The number of nitrogens with two attached hydrogens (primary N) is 1. The van der Waals surface area contributed by atoms with Crippen LogP contribution in [0.2, 0.25) is 0 Å². The fourth-order valence-electron chi connectivity index (χ4n) is 3.82. The lowest BCUT2D eigenvalue weighted by atomic mass is 10.1. The summed E-state index contributed by atoms with van der Waals surface area (Å²) < 4.78 is 5.65. The van der Waals surface area contributed by atoms with E-state index in [9.17, 15) is 0 Å². The summed E-state index contributed by atoms with van der Waals surface area (Å²) >= 11 is 0. The van der Waals surface area contributed by atoms with Gasteiger partial charge in [0.25, 0.3) is 0 Å². The number of hydrogen-bond acceptors (Lipinski definition) is 9. The molecule has 0 amide bonds. The van der Waals surface area contributed by atoms with Crippen molar-refractivity contribution in [3.05, 3.63) is 34.8 Å². The van der Waals surface area contributed by atoms with Crippen molar-refractivity contribution in [3.8, 4) is 0 Å². The monoisotopic (exact) mass is 439 g/mol. The minimum atomic E-state index is 0.220. The third kappa shape index (κ3) is 4.85. The Morgan fingerprint density at radius 1 is 1.22 bits per heavy atom. The molecule has 0 radical (unpaired) electrons. The van der Waals surface area contributed by atoms with Crippen molar-refractivity contribution in [2.24, 2.45) is 0 Å². The molecule has 5 N–H and O–H groups in total. The van der Waals surface area contributed by atoms with Crippen LogP contribution in [0.1, 0.15) is 69.2 Å². The van der Waals surface area contributed by atoms with Crippen molar-refractivity contribution >= 4 is 23.4 Å². The number of nitrogen functional groups attached to an aromatic ring is 1. The summed E-state index contributed by atoms with van der Waals surface area (Å²) in [6.45, 7) is 13.1. The van der Waals surface area contributed by atoms with E-state index >= 15 is 0 Å². The summed E-state index contributed by atoms with van der Waals surface area (Å²) in [7, 11) is 0. The molecule has 1 saturated heterocycles. The van der Waals surface area contributed by atoms with Gasteiger partial charge in [-0.15, -0.1) is 0 Å². The van der Waals surface area contributed by atoms with Crippen LogP contribution in [0.5, 0.6) is 0 Å². The fraction of sp³-hybridized carbons (Fsp3) is 0.545. The zero-order chi connectivity index (χ0) is 22.8. The Morgan fingerprint density at radius 2 is 2.03 bits per heavy atom. The van der Waals surface area contributed by atoms with E-state index in [1.807, 2.05) is 12.1 Å². The number of nitrogens with zero attached hydrogens (tertiary/aromatic N) is 5. The Labute approximate surface area is 188 Å². The van der Waals surface area contributed by atoms with Gasteiger partial charge < -0.3 is 25.8 Å². The lowest BCUT2D eigenvalue weighted by Crippen LogP contribution is -2.50. The lowest BCUT2D eigenvalue weighted by Gasteiger charge is -2.34. The molecule has 0 spiro atoms. The first-order valence-electron chi connectivity index (χ1n) is 11.2. The first-order valence-corrected chi connectivity index (χ1v) is 11.2. The Hall–Kier alpha value is -3.14. The highest BCUT2D eigenvalue weighted by Gasteiger charge is 2.25. The lowest BCUT2D eigenvalue weighted by molar-refractivity contribution is 0.380. The molecular weight excluding hydrogens is 406 g/mol. The van der Waals surface area contributed by atoms with Gasteiger partial charge in [0.1, 0.15) is 17.4 Å². The zero-order valence-corrected chi connectivity index (χ0v) is 19.4. The van der Waals surface area contributed by atoms with Crippen LogP contribution in [0, 0.1) is 0 Å². The quantitative estimate of drug-likeness (QED) is 0.438. The standard InChI is InChI=1S/C22H33N9O/c1-12(2)17-10-19(29-28-17)25-20-16(8-15-9-18(13(3)4)30-32-15)21(27-22(23)26-20)31-7-6-24-14(5)11-31/h9-10,12-14,24H,6-8,11H2,1-5H3,(H4,23,25,26,27,28,29)/t14-/m0/s1. The van der Waals surface area contributed by atoms with Gasteiger partial charge in [0.05, 0.1) is 5.69 Å². The molecule has 0 bridgehead atoms. The maximum Gasteiger partial charge on any atom is 0.223 e. The minimum absolute atomic E-state index is 0.220. The van der Waals surface area contributed by atoms with Crippen molar-refractivity contribution in [2.75, 3.05) is 35.6 Å². The van der Waals surface area contributed by atoms with Gasteiger partial charge in [-0.3, -0.25) is 5.10 Å². The summed E-state index contributed by atoms with van der Waals surface area (Å²) in [4.78, 5) is 11.4. The highest BCUT2D eigenvalue weighted by molar-refractivity contribution is 5.67. The van der Waals surface area contributed by atoms with Gasteiger partial charge in [0.2, 0.25) is 5.95 Å². The van der Waals surface area contributed by atoms with E-state index in [-0.39, 0.29) is 5.95 Å². The highest BCUT2D eigenvalue weighted by Crippen LogP contribution is 2.31. The fourth-order valence-corrected chi connectivity index (χ4v) is 3.82. The number of rotatable bonds is 7. The molecule has 1 aliphatic heterocycles. The maximum absolute atomic E-state index is 6.15. The molecule has 1 fully saturated rings. The average molecular weight is 440 g/mol. The Bertz CT molecular complexity index is 1060. The second-order valence-corrected chi connectivity index (χ2v) is 9.07. The van der Waals surface area contributed by atoms with Gasteiger partial charge in [0.15, 0.2) is 5.82 Å². The number of aromatic amines is 1. The van der Waals surface area contributed by atoms with Gasteiger partial charge in [-0.1, -0.05) is 32.9 Å². The Balaban J connectivity index is 1.74. The van der Waals surface area contributed by atoms with Gasteiger partial charge in [-0.25, -0.2) is 0 Å². The van der Waals surface area contributed by atoms with Gasteiger partial charge >= 0.3 is 0 Å². The van der Waals surface area contributed by atoms with Crippen molar-refractivity contribution in [2.45, 2.75) is 58.9 Å². The number of aromatic nitrogens is 5. The molecule has 32 heavy (non-hydrogen) atoms. The molecule has 3 aromatic rings. The summed E-state index contributed by atoms with van der Waals surface area (Å²) in [5, 5.41) is 18.5. The molecule has 0 aromatic carbocycles. The van der Waals surface area contributed by atoms with Crippen LogP contribution in [-0.4, -0.2) is 51.0 Å². The molecule has 0 aliphatic carbocycles. The molecular formula is C22H33N9O. The van der Waals surface area contributed by atoms with Crippen molar-refractivity contribution in [1.82, 2.24) is 30.6 Å². The first kappa shape index (κ1) is 22.1.